The van der Waals surface area contributed by atoms with Gasteiger partial charge in [-0.3, -0.25) is 9.59 Å². The molecule has 0 aliphatic carbocycles. The lowest BCUT2D eigenvalue weighted by molar-refractivity contribution is -0.124. The molecule has 0 aromatic heterocycles. The minimum atomic E-state index is -0.159. The van der Waals surface area contributed by atoms with Crippen molar-refractivity contribution in [2.24, 2.45) is 0 Å². The molecule has 2 rings (SSSR count). The number of carbonyl (C=O) groups excluding carboxylic acids is 2. The fourth-order valence-electron chi connectivity index (χ4n) is 3.44. The van der Waals surface area contributed by atoms with Crippen molar-refractivity contribution in [3.8, 4) is 0 Å². The zero-order valence-corrected chi connectivity index (χ0v) is 12.1. The van der Waals surface area contributed by atoms with Gasteiger partial charge in [-0.1, -0.05) is 6.58 Å². The quantitative estimate of drug-likeness (QED) is 0.763. The minimum Gasteiger partial charge on any atom is -0.349 e. The van der Waals surface area contributed by atoms with Crippen LogP contribution < -0.4 is 10.6 Å². The van der Waals surface area contributed by atoms with Crippen LogP contribution in [-0.2, 0) is 9.59 Å². The molecule has 0 aromatic rings. The molecule has 0 radical (unpaired) electrons. The molecule has 2 aliphatic heterocycles. The Morgan fingerprint density at radius 1 is 1.26 bits per heavy atom. The number of hydrogen-bond donors (Lipinski definition) is 2. The van der Waals surface area contributed by atoms with E-state index in [1.165, 1.54) is 0 Å². The molecule has 2 aliphatic rings. The van der Waals surface area contributed by atoms with Crippen molar-refractivity contribution in [3.05, 3.63) is 12.2 Å². The largest absolute Gasteiger partial charge is 0.349 e. The number of piperidine rings is 1. The third-order valence-corrected chi connectivity index (χ3v) is 4.06. The number of Topliss-reactive ketones (excluding diaryl/α,β-unsaturated/α-hetero) is 1. The van der Waals surface area contributed by atoms with Crippen molar-refractivity contribution in [2.45, 2.75) is 70.0 Å². The average Bonchev–Trinajstić information content (AvgIpc) is 2.52. The van der Waals surface area contributed by atoms with Gasteiger partial charge in [0.25, 0.3) is 0 Å². The summed E-state index contributed by atoms with van der Waals surface area (Å²) in [4.78, 5) is 23.3. The van der Waals surface area contributed by atoms with Crippen LogP contribution in [0.4, 0.5) is 0 Å². The normalized spacial score (nSPS) is 34.5. The Hall–Kier alpha value is -1.16. The van der Waals surface area contributed by atoms with E-state index in [2.05, 4.69) is 38.0 Å². The summed E-state index contributed by atoms with van der Waals surface area (Å²) in [7, 11) is 0. The van der Waals surface area contributed by atoms with Gasteiger partial charge in [0.05, 0.1) is 0 Å². The maximum Gasteiger partial charge on any atom is 0.246 e. The summed E-state index contributed by atoms with van der Waals surface area (Å²) in [6, 6.07) is 0.179. The monoisotopic (exact) mass is 264 g/mol. The minimum absolute atomic E-state index is 0.0248. The van der Waals surface area contributed by atoms with Gasteiger partial charge >= 0.3 is 0 Å². The standard InChI is InChI=1S/C15H24N2O2/c1-10-7-11(16-13(10)19)5-6-15(4)9-12(18)8-14(2,3)17-15/h11,17H,1,5-9H2,2-4H3,(H,16,19). The van der Waals surface area contributed by atoms with Crippen LogP contribution in [0.3, 0.4) is 0 Å². The van der Waals surface area contributed by atoms with Crippen LogP contribution in [-0.4, -0.2) is 28.8 Å². The highest BCUT2D eigenvalue weighted by Crippen LogP contribution is 2.31. The molecule has 1 amide bonds. The molecule has 2 unspecified atom stereocenters. The number of carbonyl (C=O) groups is 2. The molecule has 2 saturated heterocycles. The lowest BCUT2D eigenvalue weighted by Gasteiger charge is -2.44. The molecule has 0 aromatic carbocycles. The zero-order valence-electron chi connectivity index (χ0n) is 12.1. The van der Waals surface area contributed by atoms with E-state index in [0.717, 1.165) is 19.3 Å². The fraction of sp³-hybridized carbons (Fsp3) is 0.733. The fourth-order valence-corrected chi connectivity index (χ4v) is 3.44. The van der Waals surface area contributed by atoms with E-state index in [0.29, 0.717) is 24.2 Å². The van der Waals surface area contributed by atoms with Gasteiger partial charge in [-0.15, -0.1) is 0 Å². The van der Waals surface area contributed by atoms with Crippen molar-refractivity contribution < 1.29 is 9.59 Å². The van der Waals surface area contributed by atoms with E-state index >= 15 is 0 Å². The number of rotatable bonds is 3. The van der Waals surface area contributed by atoms with Crippen LogP contribution in [0.15, 0.2) is 12.2 Å². The molecular formula is C15H24N2O2. The summed E-state index contributed by atoms with van der Waals surface area (Å²) < 4.78 is 0. The maximum absolute atomic E-state index is 11.9. The molecule has 0 saturated carbocycles. The third kappa shape index (κ3) is 3.44. The van der Waals surface area contributed by atoms with E-state index in [1.807, 2.05) is 0 Å². The smallest absolute Gasteiger partial charge is 0.246 e. The van der Waals surface area contributed by atoms with Crippen molar-refractivity contribution in [1.82, 2.24) is 10.6 Å². The molecule has 4 nitrogen and oxygen atoms in total. The van der Waals surface area contributed by atoms with Gasteiger partial charge in [-0.2, -0.15) is 0 Å². The number of ketones is 1. The highest BCUT2D eigenvalue weighted by Gasteiger charge is 2.40. The van der Waals surface area contributed by atoms with Crippen LogP contribution in [0.5, 0.6) is 0 Å². The summed E-state index contributed by atoms with van der Waals surface area (Å²) >= 11 is 0. The predicted octanol–water partition coefficient (Wildman–Crippen LogP) is 1.70. The van der Waals surface area contributed by atoms with Crippen molar-refractivity contribution in [1.29, 1.82) is 0 Å². The molecule has 2 N–H and O–H groups in total. The van der Waals surface area contributed by atoms with Crippen molar-refractivity contribution in [2.75, 3.05) is 0 Å². The topological polar surface area (TPSA) is 58.2 Å². The molecule has 2 fully saturated rings. The number of hydrogen-bond acceptors (Lipinski definition) is 3. The van der Waals surface area contributed by atoms with E-state index in [-0.39, 0.29) is 23.0 Å². The van der Waals surface area contributed by atoms with Gasteiger partial charge in [0.1, 0.15) is 5.78 Å². The lowest BCUT2D eigenvalue weighted by atomic mass is 9.78. The van der Waals surface area contributed by atoms with Gasteiger partial charge in [0.2, 0.25) is 5.91 Å². The molecule has 0 bridgehead atoms. The molecule has 2 atom stereocenters. The van der Waals surface area contributed by atoms with Crippen molar-refractivity contribution in [3.63, 3.8) is 0 Å². The van der Waals surface area contributed by atoms with E-state index in [1.54, 1.807) is 0 Å². The van der Waals surface area contributed by atoms with Crippen LogP contribution in [0, 0.1) is 0 Å². The van der Waals surface area contributed by atoms with Gasteiger partial charge < -0.3 is 10.6 Å². The Morgan fingerprint density at radius 3 is 2.47 bits per heavy atom. The Bertz CT molecular complexity index is 412. The second-order valence-electron chi connectivity index (χ2n) is 6.98. The summed E-state index contributed by atoms with van der Waals surface area (Å²) in [5.41, 5.74) is 0.378. The number of nitrogens with one attached hydrogen (secondary N) is 2. The SMILES string of the molecule is C=C1CC(CCC2(C)CC(=O)CC(C)(C)N2)NC1=O. The van der Waals surface area contributed by atoms with Gasteiger partial charge in [-0.05, 0) is 40.0 Å². The van der Waals surface area contributed by atoms with E-state index < -0.39 is 0 Å². The molecular weight excluding hydrogens is 240 g/mol. The lowest BCUT2D eigenvalue weighted by Crippen LogP contribution is -2.59. The zero-order chi connectivity index (χ0) is 14.3. The van der Waals surface area contributed by atoms with Crippen LogP contribution in [0.2, 0.25) is 0 Å². The van der Waals surface area contributed by atoms with Crippen LogP contribution in [0.25, 0.3) is 0 Å². The first kappa shape index (κ1) is 14.3. The van der Waals surface area contributed by atoms with Crippen LogP contribution >= 0.6 is 0 Å². The molecule has 106 valence electrons. The summed E-state index contributed by atoms with van der Waals surface area (Å²) in [5.74, 6) is 0.300. The Balaban J connectivity index is 1.93. The Labute approximate surface area is 115 Å². The van der Waals surface area contributed by atoms with E-state index in [4.69, 9.17) is 0 Å². The predicted molar refractivity (Wildman–Crippen MR) is 74.8 cm³/mol. The average molecular weight is 264 g/mol. The molecule has 0 spiro atoms. The Kier molecular flexibility index (Phi) is 3.56. The molecule has 4 heteroatoms. The maximum atomic E-state index is 11.9. The summed E-state index contributed by atoms with van der Waals surface area (Å²) in [6.45, 7) is 10.0. The summed E-state index contributed by atoms with van der Waals surface area (Å²) in [6.07, 6.45) is 3.68. The number of amides is 1. The molecule has 19 heavy (non-hydrogen) atoms. The van der Waals surface area contributed by atoms with Gasteiger partial charge in [-0.25, -0.2) is 0 Å². The first-order valence-electron chi connectivity index (χ1n) is 6.99. The van der Waals surface area contributed by atoms with E-state index in [9.17, 15) is 9.59 Å². The summed E-state index contributed by atoms with van der Waals surface area (Å²) in [5, 5.41) is 6.53. The van der Waals surface area contributed by atoms with Gasteiger partial charge in [0.15, 0.2) is 0 Å². The second-order valence-corrected chi connectivity index (χ2v) is 6.98. The van der Waals surface area contributed by atoms with Crippen LogP contribution in [0.1, 0.15) is 52.9 Å². The highest BCUT2D eigenvalue weighted by molar-refractivity contribution is 5.95. The second kappa shape index (κ2) is 4.75. The first-order valence-corrected chi connectivity index (χ1v) is 6.99. The van der Waals surface area contributed by atoms with Crippen molar-refractivity contribution >= 4 is 11.7 Å². The molecule has 2 heterocycles. The highest BCUT2D eigenvalue weighted by atomic mass is 16.2. The first-order chi connectivity index (χ1) is 8.69. The van der Waals surface area contributed by atoms with Gasteiger partial charge in [0, 0.05) is 35.5 Å². The Morgan fingerprint density at radius 2 is 1.95 bits per heavy atom. The third-order valence-electron chi connectivity index (χ3n) is 4.06.